The summed E-state index contributed by atoms with van der Waals surface area (Å²) in [6, 6.07) is -2.69. The molecular weight excluding hydrogens is 360 g/mol. The molecule has 0 aliphatic heterocycles. The molecule has 0 unspecified atom stereocenters. The molecule has 0 aromatic heterocycles. The molecule has 4 amide bonds. The van der Waals surface area contributed by atoms with Crippen LogP contribution in [0.25, 0.3) is 0 Å². The van der Waals surface area contributed by atoms with Crippen LogP contribution in [0.1, 0.15) is 0 Å². The molecule has 0 aromatic carbocycles. The minimum atomic E-state index is -0.837. The van der Waals surface area contributed by atoms with Gasteiger partial charge >= 0.3 is 24.0 Å². The number of amides is 4. The third kappa shape index (κ3) is 8.72. The van der Waals surface area contributed by atoms with Gasteiger partial charge in [-0.05, 0) is 0 Å². The van der Waals surface area contributed by atoms with Crippen LogP contribution in [0, 0.1) is 0 Å². The molecular formula is C12H22N4O6S2. The number of esters is 2. The van der Waals surface area contributed by atoms with Crippen molar-refractivity contribution >= 4 is 45.6 Å². The van der Waals surface area contributed by atoms with Crippen molar-refractivity contribution in [3.8, 4) is 0 Å². The summed E-state index contributed by atoms with van der Waals surface area (Å²) in [6.45, 7) is 0. The fourth-order valence-electron chi connectivity index (χ4n) is 1.31. The van der Waals surface area contributed by atoms with E-state index < -0.39 is 36.1 Å². The van der Waals surface area contributed by atoms with Crippen molar-refractivity contribution in [1.82, 2.24) is 21.3 Å². The summed E-state index contributed by atoms with van der Waals surface area (Å²) in [5.74, 6) is -0.725. The molecule has 0 saturated heterocycles. The average Bonchev–Trinajstić information content (AvgIpc) is 2.60. The van der Waals surface area contributed by atoms with Crippen molar-refractivity contribution in [1.29, 1.82) is 0 Å². The van der Waals surface area contributed by atoms with Crippen LogP contribution < -0.4 is 21.3 Å². The first-order chi connectivity index (χ1) is 11.4. The maximum Gasteiger partial charge on any atom is 0.329 e. The van der Waals surface area contributed by atoms with Gasteiger partial charge in [0.05, 0.1) is 14.2 Å². The number of carbonyl (C=O) groups excluding carboxylic acids is 4. The van der Waals surface area contributed by atoms with E-state index in [4.69, 9.17) is 0 Å². The second-order valence-electron chi connectivity index (χ2n) is 4.17. The lowest BCUT2D eigenvalue weighted by atomic mass is 10.3. The van der Waals surface area contributed by atoms with E-state index in [0.29, 0.717) is 0 Å². The first-order valence-electron chi connectivity index (χ1n) is 6.76. The molecule has 0 bridgehead atoms. The minimum absolute atomic E-state index is 0.221. The number of ether oxygens (including phenoxy) is 2. The van der Waals surface area contributed by atoms with Crippen LogP contribution in [-0.4, -0.2) is 75.9 Å². The highest BCUT2D eigenvalue weighted by molar-refractivity contribution is 8.76. The molecule has 0 aliphatic rings. The topological polar surface area (TPSA) is 135 Å². The summed E-state index contributed by atoms with van der Waals surface area (Å²) in [5, 5.41) is 9.59. The van der Waals surface area contributed by atoms with Gasteiger partial charge in [-0.3, -0.25) is 0 Å². The van der Waals surface area contributed by atoms with Gasteiger partial charge < -0.3 is 30.7 Å². The number of hydrogen-bond acceptors (Lipinski definition) is 8. The third-order valence-corrected chi connectivity index (χ3v) is 5.01. The Morgan fingerprint density at radius 1 is 0.792 bits per heavy atom. The van der Waals surface area contributed by atoms with E-state index >= 15 is 0 Å². The summed E-state index contributed by atoms with van der Waals surface area (Å²) >= 11 is 0. The summed E-state index contributed by atoms with van der Waals surface area (Å²) in [7, 11) is 7.78. The number of carbonyl (C=O) groups is 4. The van der Waals surface area contributed by atoms with Crippen molar-refractivity contribution in [2.24, 2.45) is 0 Å². The zero-order chi connectivity index (χ0) is 18.5. The largest absolute Gasteiger partial charge is 0.467 e. The fourth-order valence-corrected chi connectivity index (χ4v) is 3.61. The number of nitrogens with one attached hydrogen (secondary N) is 4. The van der Waals surface area contributed by atoms with E-state index in [-0.39, 0.29) is 11.5 Å². The molecule has 0 rings (SSSR count). The lowest BCUT2D eigenvalue weighted by molar-refractivity contribution is -0.143. The van der Waals surface area contributed by atoms with Gasteiger partial charge in [-0.1, -0.05) is 21.6 Å². The predicted molar refractivity (Wildman–Crippen MR) is 91.7 cm³/mol. The Labute approximate surface area is 147 Å². The third-order valence-electron chi connectivity index (χ3n) is 2.59. The van der Waals surface area contributed by atoms with Crippen molar-refractivity contribution in [3.05, 3.63) is 0 Å². The second-order valence-corrected chi connectivity index (χ2v) is 6.72. The SMILES string of the molecule is CNC(=O)N[C@@H](CSSC[C@H](NC(=O)NC)C(=O)OC)C(=O)OC. The first kappa shape index (κ1) is 22.2. The molecule has 138 valence electrons. The molecule has 4 N–H and O–H groups in total. The summed E-state index contributed by atoms with van der Waals surface area (Å²) < 4.78 is 9.23. The average molecular weight is 382 g/mol. The normalized spacial score (nSPS) is 12.3. The number of urea groups is 2. The quantitative estimate of drug-likeness (QED) is 0.234. The minimum Gasteiger partial charge on any atom is -0.467 e. The molecule has 0 saturated carbocycles. The van der Waals surface area contributed by atoms with Crippen LogP contribution in [-0.2, 0) is 19.1 Å². The van der Waals surface area contributed by atoms with Crippen molar-refractivity contribution in [2.75, 3.05) is 39.8 Å². The Morgan fingerprint density at radius 3 is 1.38 bits per heavy atom. The van der Waals surface area contributed by atoms with Gasteiger partial charge in [0.25, 0.3) is 0 Å². The molecule has 0 fully saturated rings. The summed E-state index contributed by atoms with van der Waals surface area (Å²) in [4.78, 5) is 45.8. The van der Waals surface area contributed by atoms with E-state index in [1.165, 1.54) is 49.9 Å². The van der Waals surface area contributed by atoms with Gasteiger partial charge in [0.1, 0.15) is 12.1 Å². The Hall–Kier alpha value is -1.82. The number of methoxy groups -OCH3 is 2. The first-order valence-corrected chi connectivity index (χ1v) is 9.24. The predicted octanol–water partition coefficient (Wildman–Crippen LogP) is -0.691. The van der Waals surface area contributed by atoms with E-state index in [9.17, 15) is 19.2 Å². The van der Waals surface area contributed by atoms with E-state index in [0.717, 1.165) is 0 Å². The smallest absolute Gasteiger partial charge is 0.329 e. The highest BCUT2D eigenvalue weighted by Crippen LogP contribution is 2.23. The zero-order valence-electron chi connectivity index (χ0n) is 13.8. The van der Waals surface area contributed by atoms with Gasteiger partial charge in [-0.2, -0.15) is 0 Å². The van der Waals surface area contributed by atoms with Crippen LogP contribution in [0.2, 0.25) is 0 Å². The molecule has 12 heteroatoms. The van der Waals surface area contributed by atoms with Crippen LogP contribution in [0.4, 0.5) is 9.59 Å². The summed E-state index contributed by atoms with van der Waals surface area (Å²) in [6.07, 6.45) is 0. The van der Waals surface area contributed by atoms with E-state index in [1.807, 2.05) is 0 Å². The highest BCUT2D eigenvalue weighted by atomic mass is 33.1. The Morgan fingerprint density at radius 2 is 1.12 bits per heavy atom. The van der Waals surface area contributed by atoms with Crippen molar-refractivity contribution < 1.29 is 28.7 Å². The molecule has 0 heterocycles. The molecule has 0 spiro atoms. The van der Waals surface area contributed by atoms with Gasteiger partial charge in [-0.15, -0.1) is 0 Å². The van der Waals surface area contributed by atoms with E-state index in [1.54, 1.807) is 0 Å². The molecule has 10 nitrogen and oxygen atoms in total. The van der Waals surface area contributed by atoms with Gasteiger partial charge in [-0.25, -0.2) is 19.2 Å². The number of hydrogen-bond donors (Lipinski definition) is 4. The summed E-state index contributed by atoms with van der Waals surface area (Å²) in [5.41, 5.74) is 0. The lowest BCUT2D eigenvalue weighted by Gasteiger charge is -2.17. The van der Waals surface area contributed by atoms with Crippen LogP contribution >= 0.6 is 21.6 Å². The van der Waals surface area contributed by atoms with Crippen molar-refractivity contribution in [2.45, 2.75) is 12.1 Å². The molecule has 2 atom stereocenters. The van der Waals surface area contributed by atoms with Crippen LogP contribution in [0.5, 0.6) is 0 Å². The van der Waals surface area contributed by atoms with E-state index in [2.05, 4.69) is 30.7 Å². The van der Waals surface area contributed by atoms with Gasteiger partial charge in [0.15, 0.2) is 0 Å². The molecule has 0 aromatic rings. The van der Waals surface area contributed by atoms with Gasteiger partial charge in [0, 0.05) is 25.6 Å². The highest BCUT2D eigenvalue weighted by Gasteiger charge is 2.24. The lowest BCUT2D eigenvalue weighted by Crippen LogP contribution is -2.47. The Kier molecular flexibility index (Phi) is 11.6. The molecule has 24 heavy (non-hydrogen) atoms. The van der Waals surface area contributed by atoms with Gasteiger partial charge in [0.2, 0.25) is 0 Å². The van der Waals surface area contributed by atoms with Crippen molar-refractivity contribution in [3.63, 3.8) is 0 Å². The van der Waals surface area contributed by atoms with Crippen LogP contribution in [0.15, 0.2) is 0 Å². The Bertz CT molecular complexity index is 411. The maximum absolute atomic E-state index is 11.6. The second kappa shape index (κ2) is 12.6. The monoisotopic (exact) mass is 382 g/mol. The number of rotatable bonds is 9. The fraction of sp³-hybridized carbons (Fsp3) is 0.667. The van der Waals surface area contributed by atoms with Crippen LogP contribution in [0.3, 0.4) is 0 Å². The molecule has 0 radical (unpaired) electrons. The Balaban J connectivity index is 4.45. The maximum atomic E-state index is 11.6. The standard InChI is InChI=1S/C12H22N4O6S2/c1-13-11(19)15-7(9(17)21-3)5-23-24-6-8(10(18)22-4)16-12(20)14-2/h7-8H,5-6H2,1-4H3,(H2,13,15,19)(H2,14,16,20)/t7-,8-/m0/s1. The molecule has 0 aliphatic carbocycles. The zero-order valence-corrected chi connectivity index (χ0v) is 15.5.